The van der Waals surface area contributed by atoms with Crippen LogP contribution >= 0.6 is 27.3 Å². The Morgan fingerprint density at radius 3 is 2.67 bits per heavy atom. The van der Waals surface area contributed by atoms with Gasteiger partial charge in [-0.1, -0.05) is 22.0 Å². The summed E-state index contributed by atoms with van der Waals surface area (Å²) in [5.41, 5.74) is 1.61. The minimum absolute atomic E-state index is 0.338. The molecule has 21 heavy (non-hydrogen) atoms. The van der Waals surface area contributed by atoms with Crippen LogP contribution in [0.4, 0.5) is 5.69 Å². The van der Waals surface area contributed by atoms with Gasteiger partial charge in [0.1, 0.15) is 4.21 Å². The fraction of sp³-hybridized carbons (Fsp3) is 0.286. The monoisotopic (exact) mass is 388 g/mol. The Hall–Kier alpha value is -0.890. The third-order valence-electron chi connectivity index (χ3n) is 2.95. The fourth-order valence-corrected chi connectivity index (χ4v) is 4.53. The number of anilines is 1. The number of thiophene rings is 1. The Labute approximate surface area is 137 Å². The lowest BCUT2D eigenvalue weighted by Gasteiger charge is -2.07. The molecule has 0 saturated heterocycles. The molecule has 2 aromatic rings. The van der Waals surface area contributed by atoms with Crippen molar-refractivity contribution < 1.29 is 8.42 Å². The molecule has 1 aromatic heterocycles. The van der Waals surface area contributed by atoms with Crippen LogP contribution in [-0.4, -0.2) is 22.0 Å². The van der Waals surface area contributed by atoms with E-state index in [1.54, 1.807) is 18.2 Å². The Bertz CT molecular complexity index is 726. The van der Waals surface area contributed by atoms with E-state index < -0.39 is 10.0 Å². The Balaban J connectivity index is 2.17. The molecular weight excluding hydrogens is 372 g/mol. The molecule has 4 nitrogen and oxygen atoms in total. The van der Waals surface area contributed by atoms with Crippen molar-refractivity contribution >= 4 is 43.0 Å². The molecule has 2 N–H and O–H groups in total. The predicted molar refractivity (Wildman–Crippen MR) is 91.6 cm³/mol. The van der Waals surface area contributed by atoms with Crippen LogP contribution in [-0.2, 0) is 16.4 Å². The van der Waals surface area contributed by atoms with Crippen molar-refractivity contribution in [2.24, 2.45) is 0 Å². The minimum Gasteiger partial charge on any atom is -0.319 e. The summed E-state index contributed by atoms with van der Waals surface area (Å²) in [6, 6.07) is 8.91. The molecule has 0 radical (unpaired) electrons. The van der Waals surface area contributed by atoms with Crippen LogP contribution in [0.3, 0.4) is 0 Å². The smallest absolute Gasteiger partial charge is 0.271 e. The Kier molecular flexibility index (Phi) is 5.43. The van der Waals surface area contributed by atoms with E-state index in [2.05, 4.69) is 26.0 Å². The number of halogens is 1. The number of nitrogens with one attached hydrogen (secondary N) is 2. The van der Waals surface area contributed by atoms with Gasteiger partial charge in [-0.15, -0.1) is 11.3 Å². The highest BCUT2D eigenvalue weighted by Crippen LogP contribution is 2.26. The van der Waals surface area contributed by atoms with Crippen LogP contribution in [0, 0.1) is 6.92 Å². The van der Waals surface area contributed by atoms with E-state index in [1.165, 1.54) is 11.3 Å². The molecule has 0 bridgehead atoms. The average molecular weight is 389 g/mol. The highest BCUT2D eigenvalue weighted by atomic mass is 79.9. The van der Waals surface area contributed by atoms with Gasteiger partial charge in [-0.05, 0) is 56.8 Å². The van der Waals surface area contributed by atoms with E-state index in [4.69, 9.17) is 0 Å². The molecule has 1 heterocycles. The van der Waals surface area contributed by atoms with E-state index in [0.29, 0.717) is 9.90 Å². The van der Waals surface area contributed by atoms with E-state index in [-0.39, 0.29) is 0 Å². The minimum atomic E-state index is -3.52. The van der Waals surface area contributed by atoms with Crippen molar-refractivity contribution in [3.05, 3.63) is 45.2 Å². The van der Waals surface area contributed by atoms with Gasteiger partial charge in [0, 0.05) is 15.0 Å². The van der Waals surface area contributed by atoms with Gasteiger partial charge in [-0.2, -0.15) is 0 Å². The number of sulfonamides is 1. The van der Waals surface area contributed by atoms with Gasteiger partial charge in [0.15, 0.2) is 0 Å². The SMILES string of the molecule is CNCCc1ccc(S(=O)(=O)Nc2ccc(C)c(Br)c2)s1. The summed E-state index contributed by atoms with van der Waals surface area (Å²) >= 11 is 4.71. The number of hydrogen-bond acceptors (Lipinski definition) is 4. The Morgan fingerprint density at radius 1 is 1.24 bits per heavy atom. The highest BCUT2D eigenvalue weighted by molar-refractivity contribution is 9.10. The summed E-state index contributed by atoms with van der Waals surface area (Å²) in [5.74, 6) is 0. The number of likely N-dealkylation sites (N-methyl/N-ethyl adjacent to an activating group) is 1. The first kappa shape index (κ1) is 16.5. The first-order valence-electron chi connectivity index (χ1n) is 6.44. The molecule has 0 aliphatic rings. The van der Waals surface area contributed by atoms with Crippen molar-refractivity contribution in [1.82, 2.24) is 5.32 Å². The van der Waals surface area contributed by atoms with Crippen LogP contribution in [0.5, 0.6) is 0 Å². The molecule has 0 unspecified atom stereocenters. The quantitative estimate of drug-likeness (QED) is 0.797. The second-order valence-electron chi connectivity index (χ2n) is 4.64. The summed E-state index contributed by atoms with van der Waals surface area (Å²) in [6.07, 6.45) is 0.826. The molecule has 0 aliphatic heterocycles. The molecule has 0 saturated carbocycles. The second-order valence-corrected chi connectivity index (χ2v) is 8.58. The molecule has 0 amide bonds. The zero-order valence-corrected chi connectivity index (χ0v) is 15.0. The molecule has 1 aromatic carbocycles. The lowest BCUT2D eigenvalue weighted by molar-refractivity contribution is 0.603. The van der Waals surface area contributed by atoms with E-state index in [1.807, 2.05) is 26.1 Å². The lowest BCUT2D eigenvalue weighted by atomic mass is 10.2. The van der Waals surface area contributed by atoms with E-state index >= 15 is 0 Å². The standard InChI is InChI=1S/C14H17BrN2O2S2/c1-10-3-4-11(9-13(10)15)17-21(18,19)14-6-5-12(20-14)7-8-16-2/h3-6,9,16-17H,7-8H2,1-2H3. The van der Waals surface area contributed by atoms with Crippen molar-refractivity contribution in [2.45, 2.75) is 17.6 Å². The summed E-state index contributed by atoms with van der Waals surface area (Å²) in [7, 11) is -1.64. The number of rotatable bonds is 6. The molecule has 114 valence electrons. The maximum atomic E-state index is 12.4. The average Bonchev–Trinajstić information content (AvgIpc) is 2.90. The number of hydrogen-bond donors (Lipinski definition) is 2. The van der Waals surface area contributed by atoms with Crippen molar-refractivity contribution in [3.63, 3.8) is 0 Å². The Morgan fingerprint density at radius 2 is 2.00 bits per heavy atom. The molecule has 0 aliphatic carbocycles. The highest BCUT2D eigenvalue weighted by Gasteiger charge is 2.17. The lowest BCUT2D eigenvalue weighted by Crippen LogP contribution is -2.11. The molecule has 0 fully saturated rings. The topological polar surface area (TPSA) is 58.2 Å². The van der Waals surface area contributed by atoms with Gasteiger partial charge >= 0.3 is 0 Å². The maximum absolute atomic E-state index is 12.4. The fourth-order valence-electron chi connectivity index (χ4n) is 1.75. The second kappa shape index (κ2) is 6.91. The molecule has 0 spiro atoms. The van der Waals surface area contributed by atoms with Crippen LogP contribution < -0.4 is 10.0 Å². The molecule has 7 heteroatoms. The predicted octanol–water partition coefficient (Wildman–Crippen LogP) is 3.38. The van der Waals surface area contributed by atoms with Gasteiger partial charge in [-0.25, -0.2) is 8.42 Å². The third-order valence-corrected chi connectivity index (χ3v) is 6.82. The summed E-state index contributed by atoms with van der Waals surface area (Å²) < 4.78 is 28.5. The first-order valence-corrected chi connectivity index (χ1v) is 9.54. The van der Waals surface area contributed by atoms with Gasteiger partial charge in [-0.3, -0.25) is 4.72 Å². The maximum Gasteiger partial charge on any atom is 0.271 e. The zero-order chi connectivity index (χ0) is 15.5. The van der Waals surface area contributed by atoms with Gasteiger partial charge < -0.3 is 5.32 Å². The molecule has 0 atom stereocenters. The number of aryl methyl sites for hydroxylation is 1. The molecular formula is C14H17BrN2O2S2. The van der Waals surface area contributed by atoms with Crippen molar-refractivity contribution in [2.75, 3.05) is 18.3 Å². The zero-order valence-electron chi connectivity index (χ0n) is 11.8. The largest absolute Gasteiger partial charge is 0.319 e. The third kappa shape index (κ3) is 4.29. The van der Waals surface area contributed by atoms with Crippen LogP contribution in [0.2, 0.25) is 0 Å². The van der Waals surface area contributed by atoms with Gasteiger partial charge in [0.25, 0.3) is 10.0 Å². The first-order chi connectivity index (χ1) is 9.92. The van der Waals surface area contributed by atoms with Crippen LogP contribution in [0.15, 0.2) is 39.0 Å². The number of benzene rings is 1. The normalized spacial score (nSPS) is 11.6. The van der Waals surface area contributed by atoms with Gasteiger partial charge in [0.2, 0.25) is 0 Å². The summed E-state index contributed by atoms with van der Waals surface area (Å²) in [4.78, 5) is 1.05. The molecule has 2 rings (SSSR count). The summed E-state index contributed by atoms with van der Waals surface area (Å²) in [5, 5.41) is 3.05. The van der Waals surface area contributed by atoms with Crippen molar-refractivity contribution in [3.8, 4) is 0 Å². The van der Waals surface area contributed by atoms with Gasteiger partial charge in [0.05, 0.1) is 0 Å². The van der Waals surface area contributed by atoms with Crippen LogP contribution in [0.25, 0.3) is 0 Å². The van der Waals surface area contributed by atoms with Crippen molar-refractivity contribution in [1.29, 1.82) is 0 Å². The van der Waals surface area contributed by atoms with Crippen LogP contribution in [0.1, 0.15) is 10.4 Å². The summed E-state index contributed by atoms with van der Waals surface area (Å²) in [6.45, 7) is 2.79. The van der Waals surface area contributed by atoms with E-state index in [9.17, 15) is 8.42 Å². The van der Waals surface area contributed by atoms with E-state index in [0.717, 1.165) is 27.9 Å².